The smallest absolute Gasteiger partial charge is 0.123 e. The summed E-state index contributed by atoms with van der Waals surface area (Å²) < 4.78 is 14.8. The number of benzene rings is 1. The Morgan fingerprint density at radius 2 is 2.25 bits per heavy atom. The van der Waals surface area contributed by atoms with Crippen molar-refractivity contribution < 1.29 is 4.39 Å². The van der Waals surface area contributed by atoms with E-state index in [-0.39, 0.29) is 5.82 Å². The number of hydrogen-bond acceptors (Lipinski definition) is 2. The van der Waals surface area contributed by atoms with Gasteiger partial charge in [-0.2, -0.15) is 5.10 Å². The van der Waals surface area contributed by atoms with Crippen molar-refractivity contribution in [3.8, 4) is 0 Å². The van der Waals surface area contributed by atoms with Gasteiger partial charge in [0.15, 0.2) is 0 Å². The highest BCUT2D eigenvalue weighted by Crippen LogP contribution is 2.11. The second-order valence-corrected chi connectivity index (χ2v) is 3.82. The summed E-state index contributed by atoms with van der Waals surface area (Å²) in [5.74, 6) is -0.216. The third kappa shape index (κ3) is 2.28. The molecule has 1 aromatic heterocycles. The van der Waals surface area contributed by atoms with Gasteiger partial charge in [0.25, 0.3) is 0 Å². The average molecular weight is 219 g/mol. The normalized spacial score (nSPS) is 10.7. The molecule has 1 heterocycles. The molecule has 2 N–H and O–H groups in total. The van der Waals surface area contributed by atoms with Crippen LogP contribution in [-0.2, 0) is 13.1 Å². The predicted octanol–water partition coefficient (Wildman–Crippen LogP) is 1.84. The van der Waals surface area contributed by atoms with Crippen molar-refractivity contribution in [1.29, 1.82) is 0 Å². The molecule has 0 bridgehead atoms. The van der Waals surface area contributed by atoms with E-state index in [1.165, 1.54) is 6.07 Å². The summed E-state index contributed by atoms with van der Waals surface area (Å²) in [6.45, 7) is 3.01. The van der Waals surface area contributed by atoms with Gasteiger partial charge >= 0.3 is 0 Å². The van der Waals surface area contributed by atoms with E-state index in [2.05, 4.69) is 5.10 Å². The van der Waals surface area contributed by atoms with Crippen molar-refractivity contribution in [3.63, 3.8) is 0 Å². The first-order chi connectivity index (χ1) is 7.69. The van der Waals surface area contributed by atoms with Crippen LogP contribution in [0.25, 0.3) is 0 Å². The molecule has 0 atom stereocenters. The Hall–Kier alpha value is -1.68. The maximum Gasteiger partial charge on any atom is 0.123 e. The lowest BCUT2D eigenvalue weighted by Gasteiger charge is -2.05. The maximum absolute atomic E-state index is 13.1. The summed E-state index contributed by atoms with van der Waals surface area (Å²) in [4.78, 5) is 0. The highest BCUT2D eigenvalue weighted by atomic mass is 19.1. The van der Waals surface area contributed by atoms with Gasteiger partial charge in [-0.25, -0.2) is 4.39 Å². The third-order valence-electron chi connectivity index (χ3n) is 2.57. The number of hydrogen-bond donors (Lipinski definition) is 1. The van der Waals surface area contributed by atoms with Crippen molar-refractivity contribution >= 4 is 0 Å². The quantitative estimate of drug-likeness (QED) is 0.856. The van der Waals surface area contributed by atoms with E-state index in [1.54, 1.807) is 23.0 Å². The Morgan fingerprint density at radius 3 is 2.94 bits per heavy atom. The van der Waals surface area contributed by atoms with Crippen LogP contribution in [0.1, 0.15) is 16.7 Å². The molecule has 0 saturated heterocycles. The fraction of sp³-hybridized carbons (Fsp3) is 0.250. The van der Waals surface area contributed by atoms with Gasteiger partial charge in [0.2, 0.25) is 0 Å². The Kier molecular flexibility index (Phi) is 3.01. The maximum atomic E-state index is 13.1. The minimum Gasteiger partial charge on any atom is -0.326 e. The molecular formula is C12H14FN3. The van der Waals surface area contributed by atoms with E-state index in [1.807, 2.05) is 13.1 Å². The zero-order chi connectivity index (χ0) is 11.5. The molecule has 0 amide bonds. The highest BCUT2D eigenvalue weighted by Gasteiger charge is 2.03. The summed E-state index contributed by atoms with van der Waals surface area (Å²) >= 11 is 0. The Labute approximate surface area is 93.7 Å². The zero-order valence-electron chi connectivity index (χ0n) is 9.15. The number of nitrogens with two attached hydrogens (primary N) is 1. The average Bonchev–Trinajstić information content (AvgIpc) is 2.71. The third-order valence-corrected chi connectivity index (χ3v) is 2.57. The van der Waals surface area contributed by atoms with E-state index >= 15 is 0 Å². The molecule has 3 nitrogen and oxygen atoms in total. The molecule has 1 aromatic carbocycles. The van der Waals surface area contributed by atoms with Gasteiger partial charge < -0.3 is 5.73 Å². The summed E-state index contributed by atoms with van der Waals surface area (Å²) in [5.41, 5.74) is 8.48. The van der Waals surface area contributed by atoms with Crippen molar-refractivity contribution in [2.24, 2.45) is 5.73 Å². The fourth-order valence-electron chi connectivity index (χ4n) is 1.58. The zero-order valence-corrected chi connectivity index (χ0v) is 9.15. The predicted molar refractivity (Wildman–Crippen MR) is 60.4 cm³/mol. The first-order valence-electron chi connectivity index (χ1n) is 5.15. The highest BCUT2D eigenvalue weighted by molar-refractivity contribution is 5.26. The molecule has 4 heteroatoms. The van der Waals surface area contributed by atoms with E-state index in [0.29, 0.717) is 13.1 Å². The van der Waals surface area contributed by atoms with Gasteiger partial charge in [-0.05, 0) is 30.2 Å². The molecule has 0 aliphatic rings. The summed E-state index contributed by atoms with van der Waals surface area (Å²) in [7, 11) is 0. The van der Waals surface area contributed by atoms with Crippen LogP contribution in [0.2, 0.25) is 0 Å². The van der Waals surface area contributed by atoms with Gasteiger partial charge in [-0.3, -0.25) is 4.68 Å². The molecule has 16 heavy (non-hydrogen) atoms. The second-order valence-electron chi connectivity index (χ2n) is 3.82. The lowest BCUT2D eigenvalue weighted by Crippen LogP contribution is -2.02. The molecule has 2 rings (SSSR count). The van der Waals surface area contributed by atoms with E-state index in [4.69, 9.17) is 5.73 Å². The van der Waals surface area contributed by atoms with E-state index in [9.17, 15) is 4.39 Å². The fourth-order valence-corrected chi connectivity index (χ4v) is 1.58. The summed E-state index contributed by atoms with van der Waals surface area (Å²) in [6, 6.07) is 4.78. The second kappa shape index (κ2) is 4.45. The lowest BCUT2D eigenvalue weighted by molar-refractivity contribution is 0.618. The Balaban J connectivity index is 2.22. The largest absolute Gasteiger partial charge is 0.326 e. The SMILES string of the molecule is Cc1ccc(F)cc1Cn1cc(CN)cn1. The monoisotopic (exact) mass is 219 g/mol. The molecule has 0 saturated carbocycles. The van der Waals surface area contributed by atoms with Crippen molar-refractivity contribution in [1.82, 2.24) is 9.78 Å². The van der Waals surface area contributed by atoms with Crippen LogP contribution in [0.5, 0.6) is 0 Å². The number of nitrogens with zero attached hydrogens (tertiary/aromatic N) is 2. The molecule has 84 valence electrons. The Bertz CT molecular complexity index is 491. The number of halogens is 1. The minimum atomic E-state index is -0.216. The first kappa shape index (κ1) is 10.8. The van der Waals surface area contributed by atoms with Crippen molar-refractivity contribution in [3.05, 3.63) is 53.1 Å². The molecule has 0 aliphatic carbocycles. The van der Waals surface area contributed by atoms with Crippen LogP contribution in [0.15, 0.2) is 30.6 Å². The van der Waals surface area contributed by atoms with Gasteiger partial charge in [-0.15, -0.1) is 0 Å². The van der Waals surface area contributed by atoms with Crippen LogP contribution in [0, 0.1) is 12.7 Å². The molecular weight excluding hydrogens is 205 g/mol. The van der Waals surface area contributed by atoms with Crippen LogP contribution in [0.3, 0.4) is 0 Å². The van der Waals surface area contributed by atoms with Gasteiger partial charge in [0, 0.05) is 18.3 Å². The number of aryl methyl sites for hydroxylation is 1. The molecule has 0 unspecified atom stereocenters. The van der Waals surface area contributed by atoms with Crippen LogP contribution in [-0.4, -0.2) is 9.78 Å². The summed E-state index contributed by atoms with van der Waals surface area (Å²) in [5, 5.41) is 4.17. The van der Waals surface area contributed by atoms with E-state index < -0.39 is 0 Å². The minimum absolute atomic E-state index is 0.216. The molecule has 0 radical (unpaired) electrons. The van der Waals surface area contributed by atoms with E-state index in [0.717, 1.165) is 16.7 Å². The van der Waals surface area contributed by atoms with Crippen LogP contribution < -0.4 is 5.73 Å². The molecule has 0 aliphatic heterocycles. The van der Waals surface area contributed by atoms with Crippen molar-refractivity contribution in [2.45, 2.75) is 20.0 Å². The molecule has 2 aromatic rings. The van der Waals surface area contributed by atoms with Gasteiger partial charge in [-0.1, -0.05) is 6.07 Å². The summed E-state index contributed by atoms with van der Waals surface area (Å²) in [6.07, 6.45) is 3.61. The Morgan fingerprint density at radius 1 is 1.44 bits per heavy atom. The van der Waals surface area contributed by atoms with Crippen LogP contribution in [0.4, 0.5) is 4.39 Å². The standard InChI is InChI=1S/C12H14FN3/c1-9-2-3-12(13)4-11(9)8-16-7-10(5-14)6-15-16/h2-4,6-7H,5,8,14H2,1H3. The van der Waals surface area contributed by atoms with Crippen molar-refractivity contribution in [2.75, 3.05) is 0 Å². The first-order valence-corrected chi connectivity index (χ1v) is 5.15. The molecule has 0 fully saturated rings. The molecule has 0 spiro atoms. The van der Waals surface area contributed by atoms with Gasteiger partial charge in [0.1, 0.15) is 5.82 Å². The number of rotatable bonds is 3. The lowest BCUT2D eigenvalue weighted by atomic mass is 10.1. The van der Waals surface area contributed by atoms with Crippen LogP contribution >= 0.6 is 0 Å². The van der Waals surface area contributed by atoms with Gasteiger partial charge in [0.05, 0.1) is 12.7 Å². The topological polar surface area (TPSA) is 43.8 Å². The number of aromatic nitrogens is 2.